The highest BCUT2D eigenvalue weighted by Gasteiger charge is 2.21. The van der Waals surface area contributed by atoms with Crippen molar-refractivity contribution < 1.29 is 14.7 Å². The minimum absolute atomic E-state index is 0.342. The Morgan fingerprint density at radius 1 is 1.25 bits per heavy atom. The van der Waals surface area contributed by atoms with Crippen LogP contribution in [0.25, 0.3) is 11.3 Å². The minimum Gasteiger partial charge on any atom is -0.465 e. The molecule has 1 atom stereocenters. The Labute approximate surface area is 139 Å². The first-order valence-electron chi connectivity index (χ1n) is 7.71. The van der Waals surface area contributed by atoms with Gasteiger partial charge in [-0.2, -0.15) is 5.10 Å². The highest BCUT2D eigenvalue weighted by atomic mass is 16.4. The van der Waals surface area contributed by atoms with Crippen LogP contribution < -0.4 is 16.4 Å². The second-order valence-corrected chi connectivity index (χ2v) is 5.31. The monoisotopic (exact) mass is 331 g/mol. The van der Waals surface area contributed by atoms with Gasteiger partial charge in [0.2, 0.25) is 5.91 Å². The van der Waals surface area contributed by atoms with Crippen LogP contribution in [0.3, 0.4) is 0 Å². The summed E-state index contributed by atoms with van der Waals surface area (Å²) in [6.45, 7) is 0.501. The topological polar surface area (TPSA) is 133 Å². The molecule has 2 aromatic rings. The van der Waals surface area contributed by atoms with E-state index in [0.717, 1.165) is 17.7 Å². The first kappa shape index (κ1) is 17.5. The van der Waals surface area contributed by atoms with Crippen molar-refractivity contribution in [2.24, 2.45) is 5.73 Å². The maximum Gasteiger partial charge on any atom is 0.405 e. The predicted molar refractivity (Wildman–Crippen MR) is 90.5 cm³/mol. The number of hydrogen-bond donors (Lipinski definition) is 5. The highest BCUT2D eigenvalue weighted by molar-refractivity contribution is 5.96. The number of aromatic amines is 1. The van der Waals surface area contributed by atoms with Crippen molar-refractivity contribution in [3.63, 3.8) is 0 Å². The number of carbonyl (C=O) groups is 2. The van der Waals surface area contributed by atoms with Crippen LogP contribution in [0.15, 0.2) is 36.4 Å². The summed E-state index contributed by atoms with van der Waals surface area (Å²) in [5.41, 5.74) is 7.12. The second kappa shape index (κ2) is 8.68. The number of hydrogen-bond acceptors (Lipinski definition) is 4. The van der Waals surface area contributed by atoms with Crippen LogP contribution >= 0.6 is 0 Å². The number of aromatic nitrogens is 2. The van der Waals surface area contributed by atoms with Crippen LogP contribution in [-0.2, 0) is 4.79 Å². The van der Waals surface area contributed by atoms with Gasteiger partial charge in [-0.15, -0.1) is 0 Å². The summed E-state index contributed by atoms with van der Waals surface area (Å²) in [5, 5.41) is 20.6. The van der Waals surface area contributed by atoms with E-state index in [1.54, 1.807) is 6.07 Å². The molecule has 1 aromatic carbocycles. The second-order valence-electron chi connectivity index (χ2n) is 5.31. The van der Waals surface area contributed by atoms with E-state index in [4.69, 9.17) is 10.8 Å². The molecule has 8 heteroatoms. The van der Waals surface area contributed by atoms with Gasteiger partial charge in [-0.3, -0.25) is 9.89 Å². The van der Waals surface area contributed by atoms with Crippen LogP contribution in [-0.4, -0.2) is 39.9 Å². The molecule has 0 aliphatic heterocycles. The third-order valence-corrected chi connectivity index (χ3v) is 3.48. The number of carboxylic acid groups (broad SMARTS) is 1. The molecule has 0 fully saturated rings. The summed E-state index contributed by atoms with van der Waals surface area (Å²) in [5.74, 6) is -0.101. The van der Waals surface area contributed by atoms with E-state index in [-0.39, 0.29) is 0 Å². The summed E-state index contributed by atoms with van der Waals surface area (Å²) >= 11 is 0. The molecule has 24 heavy (non-hydrogen) atoms. The van der Waals surface area contributed by atoms with Crippen molar-refractivity contribution in [2.45, 2.75) is 25.3 Å². The maximum absolute atomic E-state index is 12.3. The Morgan fingerprint density at radius 3 is 2.67 bits per heavy atom. The zero-order valence-corrected chi connectivity index (χ0v) is 13.2. The van der Waals surface area contributed by atoms with Crippen LogP contribution in [0.4, 0.5) is 10.6 Å². The van der Waals surface area contributed by atoms with Crippen LogP contribution in [0.5, 0.6) is 0 Å². The SMILES string of the molecule is NCCCC[C@H](NC(=O)O)C(=O)Nc1cc(-c2ccccc2)[nH]n1. The molecular formula is C16H21N5O3. The average Bonchev–Trinajstić information content (AvgIpc) is 3.03. The van der Waals surface area contributed by atoms with Gasteiger partial charge in [0.15, 0.2) is 5.82 Å². The number of carbonyl (C=O) groups excluding carboxylic acids is 1. The van der Waals surface area contributed by atoms with E-state index in [1.807, 2.05) is 30.3 Å². The molecule has 0 saturated heterocycles. The Morgan fingerprint density at radius 2 is 2.00 bits per heavy atom. The Balaban J connectivity index is 2.00. The lowest BCUT2D eigenvalue weighted by Crippen LogP contribution is -2.43. The fourth-order valence-electron chi connectivity index (χ4n) is 2.28. The fourth-order valence-corrected chi connectivity index (χ4v) is 2.28. The summed E-state index contributed by atoms with van der Waals surface area (Å²) in [7, 11) is 0. The molecule has 2 amide bonds. The van der Waals surface area contributed by atoms with E-state index in [0.29, 0.717) is 25.2 Å². The van der Waals surface area contributed by atoms with Gasteiger partial charge in [-0.25, -0.2) is 4.79 Å². The lowest BCUT2D eigenvalue weighted by molar-refractivity contribution is -0.118. The number of nitrogens with zero attached hydrogens (tertiary/aromatic N) is 1. The smallest absolute Gasteiger partial charge is 0.405 e. The van der Waals surface area contributed by atoms with Crippen molar-refractivity contribution in [1.82, 2.24) is 15.5 Å². The Hall–Kier alpha value is -2.87. The van der Waals surface area contributed by atoms with Crippen LogP contribution in [0.1, 0.15) is 19.3 Å². The molecule has 128 valence electrons. The predicted octanol–water partition coefficient (Wildman–Crippen LogP) is 1.78. The number of rotatable bonds is 8. The minimum atomic E-state index is -1.24. The number of nitrogens with one attached hydrogen (secondary N) is 3. The zero-order chi connectivity index (χ0) is 17.4. The Bertz CT molecular complexity index is 671. The van der Waals surface area contributed by atoms with Crippen molar-refractivity contribution in [2.75, 3.05) is 11.9 Å². The molecule has 0 aliphatic rings. The van der Waals surface area contributed by atoms with E-state index < -0.39 is 18.0 Å². The van der Waals surface area contributed by atoms with Crippen molar-refractivity contribution >= 4 is 17.8 Å². The van der Waals surface area contributed by atoms with Gasteiger partial charge in [0.25, 0.3) is 0 Å². The summed E-state index contributed by atoms with van der Waals surface area (Å²) in [4.78, 5) is 23.1. The maximum atomic E-state index is 12.3. The van der Waals surface area contributed by atoms with Crippen LogP contribution in [0.2, 0.25) is 0 Å². The molecule has 0 bridgehead atoms. The normalized spacial score (nSPS) is 11.7. The molecule has 0 unspecified atom stereocenters. The number of nitrogens with two attached hydrogens (primary N) is 1. The largest absolute Gasteiger partial charge is 0.465 e. The summed E-state index contributed by atoms with van der Waals surface area (Å²) < 4.78 is 0. The van der Waals surface area contributed by atoms with Gasteiger partial charge in [-0.1, -0.05) is 30.3 Å². The molecule has 1 aromatic heterocycles. The molecule has 0 aliphatic carbocycles. The molecular weight excluding hydrogens is 310 g/mol. The van der Waals surface area contributed by atoms with Gasteiger partial charge in [0, 0.05) is 6.07 Å². The highest BCUT2D eigenvalue weighted by Crippen LogP contribution is 2.19. The Kier molecular flexibility index (Phi) is 6.32. The fraction of sp³-hybridized carbons (Fsp3) is 0.312. The lowest BCUT2D eigenvalue weighted by atomic mass is 10.1. The first-order valence-corrected chi connectivity index (χ1v) is 7.71. The molecule has 0 spiro atoms. The van der Waals surface area contributed by atoms with Gasteiger partial charge in [0.05, 0.1) is 5.69 Å². The van der Waals surface area contributed by atoms with E-state index in [2.05, 4.69) is 20.8 Å². The lowest BCUT2D eigenvalue weighted by Gasteiger charge is -2.15. The first-order chi connectivity index (χ1) is 11.6. The van der Waals surface area contributed by atoms with Gasteiger partial charge >= 0.3 is 6.09 Å². The number of benzene rings is 1. The number of amides is 2. The van der Waals surface area contributed by atoms with Crippen molar-refractivity contribution in [3.05, 3.63) is 36.4 Å². The van der Waals surface area contributed by atoms with Gasteiger partial charge in [-0.05, 0) is 31.4 Å². The molecule has 1 heterocycles. The molecule has 0 saturated carbocycles. The number of H-pyrrole nitrogens is 1. The molecule has 8 nitrogen and oxygen atoms in total. The molecule has 0 radical (unpaired) electrons. The standard InChI is InChI=1S/C16H21N5O3/c17-9-5-4-8-12(18-16(23)24)15(22)19-14-10-13(20-21-14)11-6-2-1-3-7-11/h1-3,6-7,10,12,18H,4-5,8-9,17H2,(H,23,24)(H2,19,20,21,22)/t12-/m0/s1. The summed E-state index contributed by atoms with van der Waals surface area (Å²) in [6, 6.07) is 10.4. The third-order valence-electron chi connectivity index (χ3n) is 3.48. The van der Waals surface area contributed by atoms with Crippen LogP contribution in [0, 0.1) is 0 Å². The van der Waals surface area contributed by atoms with E-state index >= 15 is 0 Å². The molecule has 2 rings (SSSR count). The number of unbranched alkanes of at least 4 members (excludes halogenated alkanes) is 1. The average molecular weight is 331 g/mol. The quantitative estimate of drug-likeness (QED) is 0.470. The third kappa shape index (κ3) is 5.10. The molecule has 6 N–H and O–H groups in total. The van der Waals surface area contributed by atoms with Crippen molar-refractivity contribution in [1.29, 1.82) is 0 Å². The van der Waals surface area contributed by atoms with E-state index in [1.165, 1.54) is 0 Å². The zero-order valence-electron chi connectivity index (χ0n) is 13.2. The summed E-state index contributed by atoms with van der Waals surface area (Å²) in [6.07, 6.45) is 0.525. The number of anilines is 1. The van der Waals surface area contributed by atoms with Gasteiger partial charge in [0.1, 0.15) is 6.04 Å². The van der Waals surface area contributed by atoms with Gasteiger partial charge < -0.3 is 21.5 Å². The van der Waals surface area contributed by atoms with E-state index in [9.17, 15) is 9.59 Å². The van der Waals surface area contributed by atoms with Crippen molar-refractivity contribution in [3.8, 4) is 11.3 Å².